The molecule has 5 nitrogen and oxygen atoms in total. The maximum atomic E-state index is 10.6. The first-order valence-corrected chi connectivity index (χ1v) is 4.61. The monoisotopic (exact) mass is 283 g/mol. The number of aliphatic carboxylic acids is 1. The van der Waals surface area contributed by atoms with Gasteiger partial charge in [0.15, 0.2) is 0 Å². The Morgan fingerprint density at radius 2 is 1.94 bits per heavy atom. The minimum atomic E-state index is -1.28. The van der Waals surface area contributed by atoms with Gasteiger partial charge in [-0.3, -0.25) is 9.79 Å². The predicted molar refractivity (Wildman–Crippen MR) is 73.9 cm³/mol. The summed E-state index contributed by atoms with van der Waals surface area (Å²) in [5, 5.41) is 8.69. The molecule has 0 fully saturated rings. The van der Waals surface area contributed by atoms with Crippen LogP contribution in [0.2, 0.25) is 0 Å². The second kappa shape index (κ2) is 10.2. The summed E-state index contributed by atoms with van der Waals surface area (Å²) in [6.45, 7) is 3.67. The van der Waals surface area contributed by atoms with E-state index < -0.39 is 11.5 Å². The van der Waals surface area contributed by atoms with E-state index in [0.29, 0.717) is 18.8 Å². The fourth-order valence-corrected chi connectivity index (χ4v) is 0.698. The molecule has 5 N–H and O–H groups in total. The van der Waals surface area contributed by atoms with E-state index in [1.807, 2.05) is 0 Å². The Labute approximate surface area is 114 Å². The molecule has 0 aliphatic rings. The molecule has 1 unspecified atom stereocenters. The van der Waals surface area contributed by atoms with Gasteiger partial charge in [0.05, 0.1) is 12.4 Å². The van der Waals surface area contributed by atoms with Gasteiger partial charge in [0.1, 0.15) is 5.54 Å². The van der Waals surface area contributed by atoms with Crippen molar-refractivity contribution in [2.75, 3.05) is 6.54 Å². The number of hydrogen-bond acceptors (Lipinski definition) is 3. The van der Waals surface area contributed by atoms with Gasteiger partial charge in [-0.25, -0.2) is 0 Å². The lowest BCUT2D eigenvalue weighted by Crippen LogP contribution is -2.44. The first-order chi connectivity index (χ1) is 6.86. The number of carboxylic acids is 1. The van der Waals surface area contributed by atoms with Crippen LogP contribution in [0, 0.1) is 11.8 Å². The zero-order valence-electron chi connectivity index (χ0n) is 9.90. The van der Waals surface area contributed by atoms with E-state index in [1.165, 1.54) is 6.92 Å². The van der Waals surface area contributed by atoms with E-state index in [0.717, 1.165) is 0 Å². The maximum Gasteiger partial charge on any atom is 0.324 e. The van der Waals surface area contributed by atoms with Crippen LogP contribution in [0.25, 0.3) is 0 Å². The van der Waals surface area contributed by atoms with E-state index in [2.05, 4.69) is 16.8 Å². The number of carbonyl (C=O) groups is 1. The second-order valence-electron chi connectivity index (χ2n) is 3.53. The topological polar surface area (TPSA) is 102 Å². The van der Waals surface area contributed by atoms with Crippen LogP contribution in [0.1, 0.15) is 26.7 Å². The summed E-state index contributed by atoms with van der Waals surface area (Å²) in [5.41, 5.74) is 9.52. The molecule has 0 aromatic rings. The first kappa shape index (κ1) is 21.3. The minimum absolute atomic E-state index is 0. The molecule has 0 bridgehead atoms. The van der Waals surface area contributed by atoms with Crippen molar-refractivity contribution >= 4 is 36.6 Å². The third-order valence-electron chi connectivity index (χ3n) is 1.67. The van der Waals surface area contributed by atoms with Gasteiger partial charge in [-0.2, -0.15) is 0 Å². The zero-order chi connectivity index (χ0) is 11.9. The number of amidine groups is 1. The van der Waals surface area contributed by atoms with Gasteiger partial charge in [-0.1, -0.05) is 0 Å². The van der Waals surface area contributed by atoms with Crippen LogP contribution in [0.3, 0.4) is 0 Å². The molecule has 0 aromatic heterocycles. The molecule has 100 valence electrons. The van der Waals surface area contributed by atoms with Crippen molar-refractivity contribution in [3.05, 3.63) is 0 Å². The number of nitrogens with two attached hydrogens (primary N) is 2. The van der Waals surface area contributed by atoms with Crippen LogP contribution in [0.4, 0.5) is 0 Å². The molecule has 0 heterocycles. The van der Waals surface area contributed by atoms with Gasteiger partial charge >= 0.3 is 5.97 Å². The molecule has 0 aliphatic carbocycles. The molecular formula is C10H19Cl2N3O2. The number of nitrogens with zero attached hydrogens (tertiary/aromatic N) is 1. The average Bonchev–Trinajstić information content (AvgIpc) is 2.10. The van der Waals surface area contributed by atoms with Crippen molar-refractivity contribution in [3.63, 3.8) is 0 Å². The lowest BCUT2D eigenvalue weighted by Gasteiger charge is -2.14. The highest BCUT2D eigenvalue weighted by Gasteiger charge is 2.26. The number of halogens is 2. The third-order valence-corrected chi connectivity index (χ3v) is 1.67. The van der Waals surface area contributed by atoms with Crippen molar-refractivity contribution in [2.24, 2.45) is 16.5 Å². The Hall–Kier alpha value is -0.960. The molecule has 0 rings (SSSR count). The van der Waals surface area contributed by atoms with E-state index in [1.54, 1.807) is 6.92 Å². The molecule has 17 heavy (non-hydrogen) atoms. The van der Waals surface area contributed by atoms with Crippen LogP contribution in [0.5, 0.6) is 0 Å². The molecule has 0 aromatic carbocycles. The highest BCUT2D eigenvalue weighted by Crippen LogP contribution is 2.03. The van der Waals surface area contributed by atoms with Crippen molar-refractivity contribution in [1.82, 2.24) is 0 Å². The summed E-state index contributed by atoms with van der Waals surface area (Å²) in [4.78, 5) is 14.5. The molecule has 0 radical (unpaired) electrons. The number of rotatable bonds is 4. The summed E-state index contributed by atoms with van der Waals surface area (Å²) < 4.78 is 0. The van der Waals surface area contributed by atoms with Crippen molar-refractivity contribution in [1.29, 1.82) is 0 Å². The average molecular weight is 284 g/mol. The van der Waals surface area contributed by atoms with Crippen LogP contribution in [0.15, 0.2) is 4.99 Å². The Balaban J connectivity index is -0.000000980. The molecule has 0 saturated carbocycles. The lowest BCUT2D eigenvalue weighted by molar-refractivity contribution is -0.142. The summed E-state index contributed by atoms with van der Waals surface area (Å²) in [7, 11) is 0. The highest BCUT2D eigenvalue weighted by atomic mass is 35.5. The number of carboxylic acid groups (broad SMARTS) is 1. The van der Waals surface area contributed by atoms with E-state index >= 15 is 0 Å². The largest absolute Gasteiger partial charge is 0.480 e. The molecule has 0 aliphatic heterocycles. The Bertz CT molecular complexity index is 315. The van der Waals surface area contributed by atoms with Gasteiger partial charge in [0.25, 0.3) is 0 Å². The lowest BCUT2D eigenvalue weighted by atomic mass is 10.0. The van der Waals surface area contributed by atoms with Crippen molar-refractivity contribution in [2.45, 2.75) is 32.2 Å². The van der Waals surface area contributed by atoms with Crippen molar-refractivity contribution in [3.8, 4) is 11.8 Å². The summed E-state index contributed by atoms with van der Waals surface area (Å²) in [6, 6.07) is 0. The summed E-state index contributed by atoms with van der Waals surface area (Å²) in [5.74, 6) is 4.98. The summed E-state index contributed by atoms with van der Waals surface area (Å²) in [6.07, 6.45) is 0.692. The number of aliphatic imine (C=N–C) groups is 1. The summed E-state index contributed by atoms with van der Waals surface area (Å²) >= 11 is 0. The predicted octanol–water partition coefficient (Wildman–Crippen LogP) is 0.793. The zero-order valence-corrected chi connectivity index (χ0v) is 11.5. The minimum Gasteiger partial charge on any atom is -0.480 e. The van der Waals surface area contributed by atoms with Crippen LogP contribution in [-0.4, -0.2) is 29.0 Å². The van der Waals surface area contributed by atoms with E-state index in [4.69, 9.17) is 16.6 Å². The molecule has 0 saturated heterocycles. The number of hydrogen-bond donors (Lipinski definition) is 3. The van der Waals surface area contributed by atoms with Gasteiger partial charge in [0.2, 0.25) is 0 Å². The Kier molecular flexibility index (Phi) is 12.8. The standard InChI is InChI=1S/C10H17N3O2.2ClH/c1-8(11)13-7-5-3-4-6-10(2,12)9(14)15;;/h5-7,12H2,1-2H3,(H2,11,13)(H,14,15);2*1H. The van der Waals surface area contributed by atoms with Crippen LogP contribution < -0.4 is 11.5 Å². The van der Waals surface area contributed by atoms with Gasteiger partial charge in [-0.05, 0) is 13.8 Å². The van der Waals surface area contributed by atoms with E-state index in [9.17, 15) is 4.79 Å². The normalized spacial score (nSPS) is 13.2. The first-order valence-electron chi connectivity index (χ1n) is 4.61. The maximum absolute atomic E-state index is 10.6. The molecule has 1 atom stereocenters. The quantitative estimate of drug-likeness (QED) is 0.307. The van der Waals surface area contributed by atoms with Gasteiger partial charge < -0.3 is 16.6 Å². The Morgan fingerprint density at radius 3 is 2.35 bits per heavy atom. The molecular weight excluding hydrogens is 265 g/mol. The molecule has 7 heteroatoms. The third kappa shape index (κ3) is 11.3. The second-order valence-corrected chi connectivity index (χ2v) is 3.53. The fraction of sp³-hybridized carbons (Fsp3) is 0.600. The van der Waals surface area contributed by atoms with Crippen LogP contribution >= 0.6 is 24.8 Å². The van der Waals surface area contributed by atoms with Crippen LogP contribution in [-0.2, 0) is 4.79 Å². The smallest absolute Gasteiger partial charge is 0.324 e. The fourth-order valence-electron chi connectivity index (χ4n) is 0.698. The molecule has 0 amide bonds. The highest BCUT2D eigenvalue weighted by molar-refractivity contribution is 5.85. The SMILES string of the molecule is CC(N)=NCCC#CCC(C)(N)C(=O)O.Cl.Cl. The van der Waals surface area contributed by atoms with Crippen molar-refractivity contribution < 1.29 is 9.90 Å². The van der Waals surface area contributed by atoms with Gasteiger partial charge in [-0.15, -0.1) is 36.7 Å². The Morgan fingerprint density at radius 1 is 1.41 bits per heavy atom. The van der Waals surface area contributed by atoms with E-state index in [-0.39, 0.29) is 31.2 Å². The molecule has 0 spiro atoms. The van der Waals surface area contributed by atoms with Gasteiger partial charge in [0, 0.05) is 12.8 Å².